The summed E-state index contributed by atoms with van der Waals surface area (Å²) < 4.78 is 0. The second-order valence-corrected chi connectivity index (χ2v) is 4.49. The van der Waals surface area contributed by atoms with E-state index in [2.05, 4.69) is 21.1 Å². The van der Waals surface area contributed by atoms with Crippen molar-refractivity contribution in [1.82, 2.24) is 0 Å². The van der Waals surface area contributed by atoms with Gasteiger partial charge in [-0.3, -0.25) is 10.9 Å². The van der Waals surface area contributed by atoms with E-state index in [-0.39, 0.29) is 0 Å². The number of benzene rings is 2. The Labute approximate surface area is 137 Å². The monoisotopic (exact) mass is 326 g/mol. The average Bonchev–Trinajstić information content (AvgIpc) is 2.59. The number of nitrogens with zero attached hydrogens (tertiary/aromatic N) is 2. The number of carboxylic acid groups (broad SMARTS) is 2. The summed E-state index contributed by atoms with van der Waals surface area (Å²) >= 11 is 0. The summed E-state index contributed by atoms with van der Waals surface area (Å²) in [6, 6.07) is 17.1. The molecule has 0 saturated carbocycles. The summed E-state index contributed by atoms with van der Waals surface area (Å²) in [6.45, 7) is 0. The number of hydrogen-bond donors (Lipinski definition) is 4. The van der Waals surface area contributed by atoms with E-state index in [1.54, 1.807) is 60.7 Å². The lowest BCUT2D eigenvalue weighted by Gasteiger charge is -2.05. The SMILES string of the molecule is O=C(O)C(=N\Nc1ccccc1)/C(=N/Nc1ccccc1)C(=O)O. The van der Waals surface area contributed by atoms with Crippen molar-refractivity contribution in [3.63, 3.8) is 0 Å². The summed E-state index contributed by atoms with van der Waals surface area (Å²) in [5.41, 5.74) is 4.56. The molecule has 0 spiro atoms. The fraction of sp³-hybridized carbons (Fsp3) is 0. The highest BCUT2D eigenvalue weighted by Gasteiger charge is 2.24. The standard InChI is InChI=1S/C16H14N4O4/c21-15(22)13(19-17-11-7-3-1-4-8-11)14(16(23)24)20-18-12-9-5-2-6-10-12/h1-10,17-18H,(H,21,22)(H,23,24)/b19-13-,20-14-. The van der Waals surface area contributed by atoms with E-state index in [1.807, 2.05) is 0 Å². The van der Waals surface area contributed by atoms with Gasteiger partial charge < -0.3 is 10.2 Å². The smallest absolute Gasteiger partial charge is 0.358 e. The molecule has 4 N–H and O–H groups in total. The molecule has 0 atom stereocenters. The number of aliphatic carboxylic acids is 2. The molecular formula is C16H14N4O4. The van der Waals surface area contributed by atoms with Gasteiger partial charge in [-0.25, -0.2) is 9.59 Å². The minimum absolute atomic E-state index is 0.511. The third-order valence-corrected chi connectivity index (χ3v) is 2.77. The minimum atomic E-state index is -1.52. The van der Waals surface area contributed by atoms with Gasteiger partial charge in [0.25, 0.3) is 0 Å². The summed E-state index contributed by atoms with van der Waals surface area (Å²) in [4.78, 5) is 22.7. The topological polar surface area (TPSA) is 123 Å². The number of hydrazone groups is 2. The predicted octanol–water partition coefficient (Wildman–Crippen LogP) is 2.09. The molecular weight excluding hydrogens is 312 g/mol. The highest BCUT2D eigenvalue weighted by molar-refractivity contribution is 6.79. The lowest BCUT2D eigenvalue weighted by Crippen LogP contribution is -2.32. The van der Waals surface area contributed by atoms with Crippen molar-refractivity contribution in [3.8, 4) is 0 Å². The van der Waals surface area contributed by atoms with Gasteiger partial charge in [0.1, 0.15) is 0 Å². The Morgan fingerprint density at radius 2 is 1.00 bits per heavy atom. The quantitative estimate of drug-likeness (QED) is 0.456. The van der Waals surface area contributed by atoms with E-state index in [0.29, 0.717) is 11.4 Å². The van der Waals surface area contributed by atoms with Crippen LogP contribution in [-0.4, -0.2) is 33.6 Å². The van der Waals surface area contributed by atoms with Crippen LogP contribution < -0.4 is 10.9 Å². The van der Waals surface area contributed by atoms with Gasteiger partial charge in [-0.15, -0.1) is 0 Å². The van der Waals surface area contributed by atoms with Crippen molar-refractivity contribution < 1.29 is 19.8 Å². The van der Waals surface area contributed by atoms with E-state index in [0.717, 1.165) is 0 Å². The number of nitrogens with one attached hydrogen (secondary N) is 2. The third kappa shape index (κ3) is 4.67. The van der Waals surface area contributed by atoms with Crippen LogP contribution in [0.2, 0.25) is 0 Å². The molecule has 0 heterocycles. The summed E-state index contributed by atoms with van der Waals surface area (Å²) in [6.07, 6.45) is 0. The molecule has 8 nitrogen and oxygen atoms in total. The van der Waals surface area contributed by atoms with E-state index in [4.69, 9.17) is 0 Å². The van der Waals surface area contributed by atoms with Crippen LogP contribution in [0.25, 0.3) is 0 Å². The molecule has 0 aliphatic carbocycles. The third-order valence-electron chi connectivity index (χ3n) is 2.77. The maximum absolute atomic E-state index is 11.3. The van der Waals surface area contributed by atoms with Gasteiger partial charge in [-0.1, -0.05) is 36.4 Å². The van der Waals surface area contributed by atoms with Crippen molar-refractivity contribution in [3.05, 3.63) is 60.7 Å². The Hall–Kier alpha value is -3.68. The first-order chi connectivity index (χ1) is 11.6. The summed E-state index contributed by atoms with van der Waals surface area (Å²) in [5.74, 6) is -3.04. The van der Waals surface area contributed by atoms with Crippen LogP contribution in [0.15, 0.2) is 70.9 Å². The average molecular weight is 326 g/mol. The zero-order valence-electron chi connectivity index (χ0n) is 12.4. The van der Waals surface area contributed by atoms with Crippen LogP contribution in [0, 0.1) is 0 Å². The molecule has 122 valence electrons. The van der Waals surface area contributed by atoms with Crippen LogP contribution >= 0.6 is 0 Å². The molecule has 0 amide bonds. The Balaban J connectivity index is 2.27. The Morgan fingerprint density at radius 1 is 0.667 bits per heavy atom. The van der Waals surface area contributed by atoms with Crippen LogP contribution in [0.3, 0.4) is 0 Å². The van der Waals surface area contributed by atoms with Crippen molar-refractivity contribution in [1.29, 1.82) is 0 Å². The zero-order chi connectivity index (χ0) is 17.4. The van der Waals surface area contributed by atoms with Gasteiger partial charge in [0.15, 0.2) is 0 Å². The highest BCUT2D eigenvalue weighted by Crippen LogP contribution is 2.06. The minimum Gasteiger partial charge on any atom is -0.476 e. The molecule has 2 rings (SSSR count). The second kappa shape index (κ2) is 8.08. The fourth-order valence-corrected chi connectivity index (χ4v) is 1.67. The number of carbonyl (C=O) groups is 2. The van der Waals surface area contributed by atoms with E-state index >= 15 is 0 Å². The molecule has 0 aliphatic heterocycles. The van der Waals surface area contributed by atoms with Crippen molar-refractivity contribution in [2.75, 3.05) is 10.9 Å². The number of para-hydroxylation sites is 2. The van der Waals surface area contributed by atoms with Gasteiger partial charge in [-0.2, -0.15) is 10.2 Å². The van der Waals surface area contributed by atoms with Gasteiger partial charge in [0.2, 0.25) is 11.4 Å². The van der Waals surface area contributed by atoms with Crippen molar-refractivity contribution in [2.45, 2.75) is 0 Å². The predicted molar refractivity (Wildman–Crippen MR) is 90.3 cm³/mol. The lowest BCUT2D eigenvalue weighted by atomic mass is 10.2. The molecule has 0 bridgehead atoms. The number of hydrogen-bond acceptors (Lipinski definition) is 6. The molecule has 0 unspecified atom stereocenters. The molecule has 2 aromatic carbocycles. The highest BCUT2D eigenvalue weighted by atomic mass is 16.4. The molecule has 0 saturated heterocycles. The Bertz CT molecular complexity index is 706. The summed E-state index contributed by atoms with van der Waals surface area (Å²) in [7, 11) is 0. The van der Waals surface area contributed by atoms with E-state index in [1.165, 1.54) is 0 Å². The number of carboxylic acids is 2. The fourth-order valence-electron chi connectivity index (χ4n) is 1.67. The zero-order valence-corrected chi connectivity index (χ0v) is 12.4. The van der Waals surface area contributed by atoms with Gasteiger partial charge in [0, 0.05) is 0 Å². The number of anilines is 2. The maximum Gasteiger partial charge on any atom is 0.358 e. The maximum atomic E-state index is 11.3. The second-order valence-electron chi connectivity index (χ2n) is 4.49. The first-order valence-electron chi connectivity index (χ1n) is 6.82. The van der Waals surface area contributed by atoms with Crippen LogP contribution in [0.5, 0.6) is 0 Å². The van der Waals surface area contributed by atoms with Crippen LogP contribution in [0.4, 0.5) is 11.4 Å². The first-order valence-corrected chi connectivity index (χ1v) is 6.82. The number of rotatable bonds is 7. The molecule has 0 aromatic heterocycles. The summed E-state index contributed by atoms with van der Waals surface area (Å²) in [5, 5.41) is 25.7. The normalized spacial score (nSPS) is 11.7. The van der Waals surface area contributed by atoms with Gasteiger partial charge >= 0.3 is 11.9 Å². The molecule has 0 aliphatic rings. The Morgan fingerprint density at radius 3 is 1.29 bits per heavy atom. The molecule has 0 radical (unpaired) electrons. The molecule has 0 fully saturated rings. The van der Waals surface area contributed by atoms with Crippen molar-refractivity contribution in [2.24, 2.45) is 10.2 Å². The molecule has 2 aromatic rings. The molecule has 24 heavy (non-hydrogen) atoms. The van der Waals surface area contributed by atoms with Gasteiger partial charge in [0.05, 0.1) is 11.4 Å². The lowest BCUT2D eigenvalue weighted by molar-refractivity contribution is -0.131. The Kier molecular flexibility index (Phi) is 5.62. The van der Waals surface area contributed by atoms with Crippen LogP contribution in [0.1, 0.15) is 0 Å². The van der Waals surface area contributed by atoms with E-state index < -0.39 is 23.4 Å². The van der Waals surface area contributed by atoms with Crippen molar-refractivity contribution >= 4 is 34.7 Å². The largest absolute Gasteiger partial charge is 0.476 e. The van der Waals surface area contributed by atoms with E-state index in [9.17, 15) is 19.8 Å². The van der Waals surface area contributed by atoms with Crippen LogP contribution in [-0.2, 0) is 9.59 Å². The van der Waals surface area contributed by atoms with Gasteiger partial charge in [-0.05, 0) is 24.3 Å². The molecule has 8 heteroatoms. The first kappa shape index (κ1) is 16.7.